The van der Waals surface area contributed by atoms with Crippen LogP contribution in [0.2, 0.25) is 0 Å². The number of hydrogen-bond acceptors (Lipinski definition) is 7. The number of amides is 1. The highest BCUT2D eigenvalue weighted by atomic mass is 19.1. The minimum absolute atomic E-state index is 0.0634. The lowest BCUT2D eigenvalue weighted by Gasteiger charge is -2.35. The molecular formula is C24H26FN7O. The predicted molar refractivity (Wildman–Crippen MR) is 126 cm³/mol. The molecule has 0 spiro atoms. The normalized spacial score (nSPS) is 13.6. The van der Waals surface area contributed by atoms with Crippen molar-refractivity contribution < 1.29 is 9.18 Å². The molecule has 33 heavy (non-hydrogen) atoms. The van der Waals surface area contributed by atoms with E-state index in [1.165, 1.54) is 17.2 Å². The number of hydrogen-bond donors (Lipinski definition) is 1. The predicted octanol–water partition coefficient (Wildman–Crippen LogP) is 2.44. The lowest BCUT2D eigenvalue weighted by Crippen LogP contribution is -2.47. The highest BCUT2D eigenvalue weighted by molar-refractivity contribution is 5.79. The molecule has 1 aromatic carbocycles. The van der Waals surface area contributed by atoms with Crippen LogP contribution in [0.3, 0.4) is 0 Å². The molecule has 0 atom stereocenters. The molecule has 0 radical (unpaired) electrons. The Bertz CT molecular complexity index is 1110. The summed E-state index contributed by atoms with van der Waals surface area (Å²) in [5, 5.41) is 0. The van der Waals surface area contributed by atoms with E-state index in [4.69, 9.17) is 5.73 Å². The molecule has 0 bridgehead atoms. The van der Waals surface area contributed by atoms with E-state index in [0.717, 1.165) is 16.7 Å². The van der Waals surface area contributed by atoms with Crippen LogP contribution in [0, 0.1) is 5.82 Å². The fraction of sp³-hybridized carbons (Fsp3) is 0.250. The first-order chi connectivity index (χ1) is 16.1. The number of piperazine rings is 1. The SMILES string of the molecule is C=CN(Cc1cccc(-c2cnc(N3CCN(c4ncccc4F)CC3)nc2)c1)C(=O)CN. The Balaban J connectivity index is 1.41. The highest BCUT2D eigenvalue weighted by Gasteiger charge is 2.22. The van der Waals surface area contributed by atoms with E-state index >= 15 is 0 Å². The van der Waals surface area contributed by atoms with E-state index in [1.54, 1.807) is 24.7 Å². The topological polar surface area (TPSA) is 91.5 Å². The molecular weight excluding hydrogens is 421 g/mol. The van der Waals surface area contributed by atoms with Crippen molar-refractivity contribution >= 4 is 17.7 Å². The van der Waals surface area contributed by atoms with E-state index in [1.807, 2.05) is 29.2 Å². The van der Waals surface area contributed by atoms with Gasteiger partial charge < -0.3 is 20.4 Å². The molecule has 4 rings (SSSR count). The third kappa shape index (κ3) is 5.15. The van der Waals surface area contributed by atoms with Crippen molar-refractivity contribution in [3.8, 4) is 11.1 Å². The smallest absolute Gasteiger partial charge is 0.240 e. The number of rotatable bonds is 7. The second kappa shape index (κ2) is 10.2. The van der Waals surface area contributed by atoms with E-state index in [2.05, 4.69) is 26.4 Å². The Morgan fingerprint density at radius 3 is 2.45 bits per heavy atom. The van der Waals surface area contributed by atoms with Crippen LogP contribution in [0.4, 0.5) is 16.2 Å². The van der Waals surface area contributed by atoms with E-state index in [9.17, 15) is 9.18 Å². The zero-order valence-electron chi connectivity index (χ0n) is 18.3. The number of pyridine rings is 1. The van der Waals surface area contributed by atoms with Crippen LogP contribution in [0.1, 0.15) is 5.56 Å². The number of carbonyl (C=O) groups excluding carboxylic acids is 1. The van der Waals surface area contributed by atoms with Crippen molar-refractivity contribution in [1.82, 2.24) is 19.9 Å². The van der Waals surface area contributed by atoms with Crippen LogP contribution in [-0.4, -0.2) is 58.5 Å². The quantitative estimate of drug-likeness (QED) is 0.595. The Morgan fingerprint density at radius 1 is 1.06 bits per heavy atom. The molecule has 2 aromatic heterocycles. The minimum atomic E-state index is -0.308. The van der Waals surface area contributed by atoms with Gasteiger partial charge in [0, 0.05) is 50.3 Å². The van der Waals surface area contributed by atoms with Gasteiger partial charge in [0.05, 0.1) is 13.1 Å². The molecule has 0 aliphatic carbocycles. The van der Waals surface area contributed by atoms with E-state index in [-0.39, 0.29) is 18.3 Å². The average molecular weight is 448 g/mol. The van der Waals surface area contributed by atoms with E-state index in [0.29, 0.717) is 44.5 Å². The number of anilines is 2. The van der Waals surface area contributed by atoms with Gasteiger partial charge in [0.15, 0.2) is 11.6 Å². The molecule has 1 aliphatic heterocycles. The fourth-order valence-electron chi connectivity index (χ4n) is 3.78. The Morgan fingerprint density at radius 2 is 1.79 bits per heavy atom. The molecule has 0 unspecified atom stereocenters. The third-order valence-corrected chi connectivity index (χ3v) is 5.57. The first-order valence-corrected chi connectivity index (χ1v) is 10.7. The van der Waals surface area contributed by atoms with Crippen molar-refractivity contribution in [1.29, 1.82) is 0 Å². The van der Waals surface area contributed by atoms with E-state index < -0.39 is 0 Å². The second-order valence-corrected chi connectivity index (χ2v) is 7.66. The molecule has 9 heteroatoms. The summed E-state index contributed by atoms with van der Waals surface area (Å²) in [4.78, 5) is 30.7. The summed E-state index contributed by atoms with van der Waals surface area (Å²) in [6.45, 7) is 6.66. The summed E-state index contributed by atoms with van der Waals surface area (Å²) in [6, 6.07) is 10.9. The van der Waals surface area contributed by atoms with Crippen LogP contribution < -0.4 is 15.5 Å². The van der Waals surface area contributed by atoms with Crippen molar-refractivity contribution in [2.45, 2.75) is 6.54 Å². The van der Waals surface area contributed by atoms with Gasteiger partial charge in [-0.2, -0.15) is 0 Å². The lowest BCUT2D eigenvalue weighted by molar-refractivity contribution is -0.127. The molecule has 3 heterocycles. The van der Waals surface area contributed by atoms with Gasteiger partial charge in [-0.25, -0.2) is 19.3 Å². The maximum Gasteiger partial charge on any atom is 0.240 e. The summed E-state index contributed by atoms with van der Waals surface area (Å²) in [6.07, 6.45) is 6.68. The summed E-state index contributed by atoms with van der Waals surface area (Å²) < 4.78 is 14.0. The number of aromatic nitrogens is 3. The third-order valence-electron chi connectivity index (χ3n) is 5.57. The van der Waals surface area contributed by atoms with Crippen molar-refractivity contribution in [2.24, 2.45) is 5.73 Å². The zero-order chi connectivity index (χ0) is 23.2. The first-order valence-electron chi connectivity index (χ1n) is 10.7. The van der Waals surface area contributed by atoms with Crippen LogP contribution in [-0.2, 0) is 11.3 Å². The molecule has 1 fully saturated rings. The molecule has 2 N–H and O–H groups in total. The van der Waals surface area contributed by atoms with Gasteiger partial charge in [-0.05, 0) is 35.5 Å². The summed E-state index contributed by atoms with van der Waals surface area (Å²) in [5.74, 6) is 0.533. The molecule has 170 valence electrons. The van der Waals surface area contributed by atoms with Crippen molar-refractivity contribution in [3.05, 3.63) is 79.1 Å². The van der Waals surface area contributed by atoms with Crippen LogP contribution in [0.5, 0.6) is 0 Å². The minimum Gasteiger partial charge on any atom is -0.351 e. The largest absolute Gasteiger partial charge is 0.351 e. The average Bonchev–Trinajstić information content (AvgIpc) is 2.87. The van der Waals surface area contributed by atoms with Crippen molar-refractivity contribution in [3.63, 3.8) is 0 Å². The number of nitrogens with zero attached hydrogens (tertiary/aromatic N) is 6. The summed E-state index contributed by atoms with van der Waals surface area (Å²) in [7, 11) is 0. The van der Waals surface area contributed by atoms with Gasteiger partial charge in [-0.1, -0.05) is 24.8 Å². The molecule has 1 aliphatic rings. The number of carbonyl (C=O) groups is 1. The second-order valence-electron chi connectivity index (χ2n) is 7.66. The Hall–Kier alpha value is -3.85. The van der Waals surface area contributed by atoms with Gasteiger partial charge in [0.2, 0.25) is 11.9 Å². The highest BCUT2D eigenvalue weighted by Crippen LogP contribution is 2.23. The van der Waals surface area contributed by atoms with Crippen LogP contribution in [0.15, 0.2) is 67.8 Å². The Kier molecular flexibility index (Phi) is 6.89. The first kappa shape index (κ1) is 22.3. The van der Waals surface area contributed by atoms with Gasteiger partial charge in [-0.15, -0.1) is 0 Å². The van der Waals surface area contributed by atoms with Crippen molar-refractivity contribution in [2.75, 3.05) is 42.5 Å². The number of halogens is 1. The van der Waals surface area contributed by atoms with Crippen LogP contribution >= 0.6 is 0 Å². The maximum absolute atomic E-state index is 14.0. The molecule has 3 aromatic rings. The monoisotopic (exact) mass is 447 g/mol. The number of benzene rings is 1. The van der Waals surface area contributed by atoms with Crippen LogP contribution in [0.25, 0.3) is 11.1 Å². The molecule has 1 amide bonds. The van der Waals surface area contributed by atoms with Gasteiger partial charge in [0.1, 0.15) is 0 Å². The van der Waals surface area contributed by atoms with Gasteiger partial charge in [0.25, 0.3) is 0 Å². The maximum atomic E-state index is 14.0. The summed E-state index contributed by atoms with van der Waals surface area (Å²) >= 11 is 0. The standard InChI is InChI=1S/C24H26FN7O/c1-2-30(22(33)14-26)17-18-5-3-6-19(13-18)20-15-28-24(29-16-20)32-11-9-31(10-12-32)23-21(25)7-4-8-27-23/h2-8,13,15-16H,1,9-12,14,17,26H2. The molecule has 1 saturated heterocycles. The summed E-state index contributed by atoms with van der Waals surface area (Å²) in [5.41, 5.74) is 8.25. The number of nitrogens with two attached hydrogens (primary N) is 1. The van der Waals surface area contributed by atoms with Gasteiger partial charge >= 0.3 is 0 Å². The van der Waals surface area contributed by atoms with Gasteiger partial charge in [-0.3, -0.25) is 4.79 Å². The zero-order valence-corrected chi connectivity index (χ0v) is 18.3. The Labute approximate surface area is 192 Å². The molecule has 8 nitrogen and oxygen atoms in total. The lowest BCUT2D eigenvalue weighted by atomic mass is 10.1. The molecule has 0 saturated carbocycles. The fourth-order valence-corrected chi connectivity index (χ4v) is 3.78.